The maximum atomic E-state index is 13.1. The monoisotopic (exact) mass is 472 g/mol. The molecule has 0 unspecified atom stereocenters. The van der Waals surface area contributed by atoms with Crippen LogP contribution in [0, 0.1) is 40.9 Å². The maximum Gasteiger partial charge on any atom is 0.225 e. The molecule has 4 heteroatoms. The van der Waals surface area contributed by atoms with Gasteiger partial charge in [0.25, 0.3) is 0 Å². The van der Waals surface area contributed by atoms with Gasteiger partial charge in [0.1, 0.15) is 0 Å². The lowest BCUT2D eigenvalue weighted by Gasteiger charge is -2.47. The van der Waals surface area contributed by atoms with Gasteiger partial charge in [-0.25, -0.2) is 0 Å². The molecule has 4 fully saturated rings. The standard InChI is InChI=1S/C30H52N2O2/c1-22(2)26-5-7-27(8-6-26)29(34)31-17-11-25(12-18-31)21-24-9-13-30(14-10-24)15-19-32(20-16-30)28(33)23(3)4/h22-27H,5-21H2,1-4H3. The molecule has 4 nitrogen and oxygen atoms in total. The van der Waals surface area contributed by atoms with Crippen molar-refractivity contribution in [2.45, 2.75) is 111 Å². The van der Waals surface area contributed by atoms with Crippen molar-refractivity contribution in [1.82, 2.24) is 9.80 Å². The summed E-state index contributed by atoms with van der Waals surface area (Å²) in [6.45, 7) is 12.7. The van der Waals surface area contributed by atoms with Crippen molar-refractivity contribution >= 4 is 11.8 Å². The Balaban J connectivity index is 1.14. The molecule has 2 aliphatic carbocycles. The molecule has 2 amide bonds. The molecule has 2 saturated carbocycles. The van der Waals surface area contributed by atoms with Gasteiger partial charge in [0, 0.05) is 38.0 Å². The van der Waals surface area contributed by atoms with Gasteiger partial charge < -0.3 is 9.80 Å². The Labute approximate surface area is 209 Å². The van der Waals surface area contributed by atoms with Gasteiger partial charge in [-0.2, -0.15) is 0 Å². The lowest BCUT2D eigenvalue weighted by molar-refractivity contribution is -0.139. The van der Waals surface area contributed by atoms with Gasteiger partial charge in [0.05, 0.1) is 0 Å². The molecule has 0 atom stereocenters. The highest BCUT2D eigenvalue weighted by Gasteiger charge is 2.40. The van der Waals surface area contributed by atoms with Crippen molar-refractivity contribution in [3.05, 3.63) is 0 Å². The molecule has 0 aromatic rings. The quantitative estimate of drug-likeness (QED) is 0.456. The number of carbonyl (C=O) groups is 2. The Hall–Kier alpha value is -1.06. The molecule has 4 aliphatic rings. The molecule has 0 aromatic carbocycles. The number of likely N-dealkylation sites (tertiary alicyclic amines) is 2. The third-order valence-electron chi connectivity index (χ3n) is 10.5. The van der Waals surface area contributed by atoms with E-state index in [0.717, 1.165) is 62.7 Å². The van der Waals surface area contributed by atoms with Crippen molar-refractivity contribution in [2.75, 3.05) is 26.2 Å². The summed E-state index contributed by atoms with van der Waals surface area (Å²) in [5, 5.41) is 0. The molecule has 0 aromatic heterocycles. The van der Waals surface area contributed by atoms with Gasteiger partial charge in [0.2, 0.25) is 11.8 Å². The second-order valence-electron chi connectivity index (χ2n) is 13.3. The van der Waals surface area contributed by atoms with Crippen LogP contribution in [0.4, 0.5) is 0 Å². The maximum absolute atomic E-state index is 13.1. The second-order valence-corrected chi connectivity index (χ2v) is 13.3. The van der Waals surface area contributed by atoms with Crippen LogP contribution in [0.25, 0.3) is 0 Å². The van der Waals surface area contributed by atoms with E-state index < -0.39 is 0 Å². The minimum Gasteiger partial charge on any atom is -0.342 e. The SMILES string of the molecule is CC(C)C(=O)N1CCC2(CCC(CC3CCN(C(=O)C4CCC(C(C)C)CC4)CC3)CC2)CC1. The van der Waals surface area contributed by atoms with Gasteiger partial charge >= 0.3 is 0 Å². The fourth-order valence-electron chi connectivity index (χ4n) is 7.74. The van der Waals surface area contributed by atoms with Crippen LogP contribution in [0.2, 0.25) is 0 Å². The Morgan fingerprint density at radius 1 is 0.706 bits per heavy atom. The summed E-state index contributed by atoms with van der Waals surface area (Å²) >= 11 is 0. The molecule has 1 spiro atoms. The van der Waals surface area contributed by atoms with Gasteiger partial charge in [0.15, 0.2) is 0 Å². The van der Waals surface area contributed by atoms with Gasteiger partial charge in [-0.15, -0.1) is 0 Å². The van der Waals surface area contributed by atoms with E-state index in [1.807, 2.05) is 13.8 Å². The minimum atomic E-state index is 0.131. The van der Waals surface area contributed by atoms with Crippen LogP contribution in [0.5, 0.6) is 0 Å². The number of nitrogens with zero attached hydrogens (tertiary/aromatic N) is 2. The summed E-state index contributed by atoms with van der Waals surface area (Å²) in [7, 11) is 0. The van der Waals surface area contributed by atoms with Gasteiger partial charge in [-0.3, -0.25) is 9.59 Å². The number of piperidine rings is 2. The summed E-state index contributed by atoms with van der Waals surface area (Å²) < 4.78 is 0. The first-order valence-electron chi connectivity index (χ1n) is 14.8. The van der Waals surface area contributed by atoms with E-state index in [-0.39, 0.29) is 5.92 Å². The zero-order valence-corrected chi connectivity index (χ0v) is 22.7. The predicted molar refractivity (Wildman–Crippen MR) is 139 cm³/mol. The van der Waals surface area contributed by atoms with Crippen molar-refractivity contribution in [1.29, 1.82) is 0 Å². The molecule has 2 aliphatic heterocycles. The van der Waals surface area contributed by atoms with E-state index in [9.17, 15) is 9.59 Å². The third-order valence-corrected chi connectivity index (χ3v) is 10.5. The molecular weight excluding hydrogens is 420 g/mol. The van der Waals surface area contributed by atoms with Crippen LogP contribution in [0.15, 0.2) is 0 Å². The predicted octanol–water partition coefficient (Wildman–Crippen LogP) is 6.53. The lowest BCUT2D eigenvalue weighted by atomic mass is 9.64. The first kappa shape index (κ1) is 26.0. The first-order chi connectivity index (χ1) is 16.3. The smallest absolute Gasteiger partial charge is 0.225 e. The Morgan fingerprint density at radius 3 is 1.79 bits per heavy atom. The third kappa shape index (κ3) is 6.19. The van der Waals surface area contributed by atoms with E-state index in [2.05, 4.69) is 23.6 Å². The van der Waals surface area contributed by atoms with Crippen molar-refractivity contribution < 1.29 is 9.59 Å². The van der Waals surface area contributed by atoms with Crippen molar-refractivity contribution in [3.63, 3.8) is 0 Å². The fraction of sp³-hybridized carbons (Fsp3) is 0.933. The zero-order valence-electron chi connectivity index (χ0n) is 22.7. The van der Waals surface area contributed by atoms with Crippen LogP contribution in [-0.2, 0) is 9.59 Å². The normalized spacial score (nSPS) is 29.2. The van der Waals surface area contributed by atoms with E-state index in [1.54, 1.807) is 0 Å². The highest BCUT2D eigenvalue weighted by atomic mass is 16.2. The molecule has 0 N–H and O–H groups in total. The van der Waals surface area contributed by atoms with E-state index in [4.69, 9.17) is 0 Å². The van der Waals surface area contributed by atoms with Gasteiger partial charge in [-0.1, -0.05) is 27.7 Å². The van der Waals surface area contributed by atoms with Crippen molar-refractivity contribution in [2.24, 2.45) is 40.9 Å². The van der Waals surface area contributed by atoms with Crippen LogP contribution in [-0.4, -0.2) is 47.8 Å². The summed E-state index contributed by atoms with van der Waals surface area (Å²) in [5.74, 6) is 4.57. The largest absolute Gasteiger partial charge is 0.342 e. The van der Waals surface area contributed by atoms with E-state index in [0.29, 0.717) is 23.1 Å². The Kier molecular flexibility index (Phi) is 8.67. The highest BCUT2D eigenvalue weighted by molar-refractivity contribution is 5.79. The molecule has 194 valence electrons. The molecule has 4 rings (SSSR count). The zero-order chi connectivity index (χ0) is 24.3. The van der Waals surface area contributed by atoms with E-state index >= 15 is 0 Å². The van der Waals surface area contributed by atoms with Gasteiger partial charge in [-0.05, 0) is 113 Å². The average molecular weight is 473 g/mol. The summed E-state index contributed by atoms with van der Waals surface area (Å²) in [5.41, 5.74) is 0.522. The fourth-order valence-corrected chi connectivity index (χ4v) is 7.74. The van der Waals surface area contributed by atoms with Crippen LogP contribution in [0.3, 0.4) is 0 Å². The van der Waals surface area contributed by atoms with Crippen LogP contribution < -0.4 is 0 Å². The number of carbonyl (C=O) groups excluding carboxylic acids is 2. The van der Waals surface area contributed by atoms with Crippen molar-refractivity contribution in [3.8, 4) is 0 Å². The summed E-state index contributed by atoms with van der Waals surface area (Å²) in [4.78, 5) is 29.8. The molecule has 2 heterocycles. The molecule has 34 heavy (non-hydrogen) atoms. The van der Waals surface area contributed by atoms with Crippen LogP contribution >= 0.6 is 0 Å². The number of rotatable bonds is 5. The average Bonchev–Trinajstić information content (AvgIpc) is 2.85. The number of hydrogen-bond donors (Lipinski definition) is 0. The summed E-state index contributed by atoms with van der Waals surface area (Å²) in [6, 6.07) is 0. The Morgan fingerprint density at radius 2 is 1.26 bits per heavy atom. The number of hydrogen-bond acceptors (Lipinski definition) is 2. The topological polar surface area (TPSA) is 40.6 Å². The first-order valence-corrected chi connectivity index (χ1v) is 14.8. The highest BCUT2D eigenvalue weighted by Crippen LogP contribution is 2.48. The molecule has 0 bridgehead atoms. The van der Waals surface area contributed by atoms with E-state index in [1.165, 1.54) is 70.6 Å². The minimum absolute atomic E-state index is 0.131. The molecular formula is C30H52N2O2. The second kappa shape index (κ2) is 11.3. The Bertz CT molecular complexity index is 668. The molecule has 0 radical (unpaired) electrons. The van der Waals surface area contributed by atoms with Crippen LogP contribution in [0.1, 0.15) is 111 Å². The summed E-state index contributed by atoms with van der Waals surface area (Å²) in [6.07, 6.45) is 16.5. The molecule has 2 saturated heterocycles. The lowest BCUT2D eigenvalue weighted by Crippen LogP contribution is -2.46. The number of amides is 2.